The van der Waals surface area contributed by atoms with E-state index in [9.17, 15) is 5.11 Å². The molecule has 0 unspecified atom stereocenters. The highest BCUT2D eigenvalue weighted by molar-refractivity contribution is 7.13. The first-order chi connectivity index (χ1) is 8.95. The van der Waals surface area contributed by atoms with E-state index in [-0.39, 0.29) is 0 Å². The number of hydrogen-bond acceptors (Lipinski definition) is 5. The van der Waals surface area contributed by atoms with E-state index in [2.05, 4.69) is 4.98 Å². The molecular weight excluding hydrogens is 262 g/mol. The highest BCUT2D eigenvalue weighted by Crippen LogP contribution is 2.34. The number of thiazole rings is 1. The van der Waals surface area contributed by atoms with Crippen molar-refractivity contribution in [3.63, 3.8) is 0 Å². The minimum Gasteiger partial charge on any atom is -0.493 e. The number of ether oxygens (including phenoxy) is 2. The smallest absolute Gasteiger partial charge is 0.161 e. The van der Waals surface area contributed by atoms with Crippen LogP contribution in [0.1, 0.15) is 19.5 Å². The predicted molar refractivity (Wildman–Crippen MR) is 75.9 cm³/mol. The summed E-state index contributed by atoms with van der Waals surface area (Å²) >= 11 is 1.49. The van der Waals surface area contributed by atoms with E-state index in [0.717, 1.165) is 10.6 Å². The second kappa shape index (κ2) is 5.19. The molecule has 0 aliphatic carbocycles. The summed E-state index contributed by atoms with van der Waals surface area (Å²) in [5.41, 5.74) is 0.686. The number of benzene rings is 1. The molecular formula is C14H17NO3S. The molecule has 0 radical (unpaired) electrons. The van der Waals surface area contributed by atoms with Crippen LogP contribution in [0.2, 0.25) is 0 Å². The highest BCUT2D eigenvalue weighted by Gasteiger charge is 2.20. The third-order valence-corrected chi connectivity index (χ3v) is 3.65. The molecule has 0 saturated heterocycles. The number of hydrogen-bond donors (Lipinski definition) is 1. The van der Waals surface area contributed by atoms with Gasteiger partial charge in [-0.3, -0.25) is 0 Å². The van der Waals surface area contributed by atoms with Crippen molar-refractivity contribution in [2.24, 2.45) is 0 Å². The van der Waals surface area contributed by atoms with Gasteiger partial charge in [-0.05, 0) is 32.0 Å². The Kier molecular flexibility index (Phi) is 3.78. The molecule has 102 valence electrons. The van der Waals surface area contributed by atoms with E-state index in [1.807, 2.05) is 23.6 Å². The Morgan fingerprint density at radius 3 is 2.37 bits per heavy atom. The summed E-state index contributed by atoms with van der Waals surface area (Å²) in [4.78, 5) is 4.45. The summed E-state index contributed by atoms with van der Waals surface area (Å²) < 4.78 is 10.5. The Morgan fingerprint density at radius 1 is 1.16 bits per heavy atom. The zero-order chi connectivity index (χ0) is 14.0. The lowest BCUT2D eigenvalue weighted by molar-refractivity contribution is 0.0746. The monoisotopic (exact) mass is 279 g/mol. The molecule has 19 heavy (non-hydrogen) atoms. The maximum Gasteiger partial charge on any atom is 0.161 e. The first-order valence-corrected chi connectivity index (χ1v) is 6.74. The Balaban J connectivity index is 2.39. The van der Waals surface area contributed by atoms with Crippen LogP contribution in [-0.4, -0.2) is 24.3 Å². The van der Waals surface area contributed by atoms with Crippen molar-refractivity contribution < 1.29 is 14.6 Å². The van der Waals surface area contributed by atoms with Crippen LogP contribution in [0.4, 0.5) is 0 Å². The Labute approximate surface area is 116 Å². The minimum absolute atomic E-state index is 0.667. The molecule has 2 aromatic rings. The molecule has 1 heterocycles. The number of nitrogens with zero attached hydrogens (tertiary/aromatic N) is 1. The summed E-state index contributed by atoms with van der Waals surface area (Å²) in [5, 5.41) is 12.6. The van der Waals surface area contributed by atoms with E-state index in [1.54, 1.807) is 28.1 Å². The second-order valence-electron chi connectivity index (χ2n) is 4.67. The first kappa shape index (κ1) is 13.8. The van der Waals surface area contributed by atoms with Gasteiger partial charge in [0.15, 0.2) is 11.5 Å². The molecule has 1 aromatic heterocycles. The molecule has 4 nitrogen and oxygen atoms in total. The van der Waals surface area contributed by atoms with Crippen molar-refractivity contribution in [2.75, 3.05) is 14.2 Å². The van der Waals surface area contributed by atoms with E-state index in [4.69, 9.17) is 9.47 Å². The molecule has 1 aromatic carbocycles. The van der Waals surface area contributed by atoms with E-state index >= 15 is 0 Å². The number of rotatable bonds is 4. The largest absolute Gasteiger partial charge is 0.493 e. The average Bonchev–Trinajstić information content (AvgIpc) is 2.87. The molecule has 2 rings (SSSR count). The van der Waals surface area contributed by atoms with Crippen molar-refractivity contribution in [2.45, 2.75) is 19.4 Å². The van der Waals surface area contributed by atoms with Gasteiger partial charge < -0.3 is 14.6 Å². The van der Waals surface area contributed by atoms with E-state index < -0.39 is 5.60 Å². The lowest BCUT2D eigenvalue weighted by Gasteiger charge is -2.13. The van der Waals surface area contributed by atoms with E-state index in [0.29, 0.717) is 17.2 Å². The molecule has 0 bridgehead atoms. The van der Waals surface area contributed by atoms with Gasteiger partial charge in [0.05, 0.1) is 19.9 Å². The van der Waals surface area contributed by atoms with Crippen molar-refractivity contribution in [3.05, 3.63) is 29.3 Å². The molecule has 1 N–H and O–H groups in total. The standard InChI is InChI=1S/C14H17NO3S/c1-14(2,16)12-8-19-13(15-12)9-5-6-10(17-3)11(7-9)18-4/h5-8,16H,1-4H3. The second-order valence-corrected chi connectivity index (χ2v) is 5.52. The Morgan fingerprint density at radius 2 is 1.84 bits per heavy atom. The summed E-state index contributed by atoms with van der Waals surface area (Å²) in [5.74, 6) is 1.35. The fourth-order valence-electron chi connectivity index (χ4n) is 1.66. The highest BCUT2D eigenvalue weighted by atomic mass is 32.1. The fourth-order valence-corrected chi connectivity index (χ4v) is 2.64. The SMILES string of the molecule is COc1ccc(-c2nc(C(C)(C)O)cs2)cc1OC. The van der Waals surface area contributed by atoms with Crippen molar-refractivity contribution >= 4 is 11.3 Å². The van der Waals surface area contributed by atoms with Crippen LogP contribution in [0.15, 0.2) is 23.6 Å². The molecule has 0 aliphatic rings. The van der Waals surface area contributed by atoms with Gasteiger partial charge in [0, 0.05) is 10.9 Å². The van der Waals surface area contributed by atoms with Gasteiger partial charge in [-0.2, -0.15) is 0 Å². The Bertz CT molecular complexity index is 572. The number of aromatic nitrogens is 1. The zero-order valence-corrected chi connectivity index (χ0v) is 12.2. The molecule has 0 amide bonds. The fraction of sp³-hybridized carbons (Fsp3) is 0.357. The van der Waals surface area contributed by atoms with Crippen LogP contribution in [0.5, 0.6) is 11.5 Å². The van der Waals surface area contributed by atoms with Crippen LogP contribution < -0.4 is 9.47 Å². The van der Waals surface area contributed by atoms with Gasteiger partial charge in [-0.15, -0.1) is 11.3 Å². The quantitative estimate of drug-likeness (QED) is 0.934. The Hall–Kier alpha value is -1.59. The van der Waals surface area contributed by atoms with Gasteiger partial charge in [0.2, 0.25) is 0 Å². The first-order valence-electron chi connectivity index (χ1n) is 5.86. The van der Waals surface area contributed by atoms with Crippen LogP contribution in [0.25, 0.3) is 10.6 Å². The van der Waals surface area contributed by atoms with Gasteiger partial charge in [-0.25, -0.2) is 4.98 Å². The lowest BCUT2D eigenvalue weighted by Crippen LogP contribution is -2.15. The average molecular weight is 279 g/mol. The van der Waals surface area contributed by atoms with Gasteiger partial charge in [0.1, 0.15) is 10.6 Å². The number of aliphatic hydroxyl groups is 1. The van der Waals surface area contributed by atoms with Crippen LogP contribution in [0.3, 0.4) is 0 Å². The summed E-state index contributed by atoms with van der Waals surface area (Å²) in [6.45, 7) is 3.45. The normalized spacial score (nSPS) is 11.4. The zero-order valence-electron chi connectivity index (χ0n) is 11.4. The number of methoxy groups -OCH3 is 2. The maximum atomic E-state index is 9.93. The van der Waals surface area contributed by atoms with Gasteiger partial charge >= 0.3 is 0 Å². The van der Waals surface area contributed by atoms with E-state index in [1.165, 1.54) is 11.3 Å². The topological polar surface area (TPSA) is 51.6 Å². The molecule has 0 aliphatic heterocycles. The molecule has 0 spiro atoms. The van der Waals surface area contributed by atoms with Crippen molar-refractivity contribution in [1.82, 2.24) is 4.98 Å². The summed E-state index contributed by atoms with van der Waals surface area (Å²) in [6, 6.07) is 5.65. The van der Waals surface area contributed by atoms with Gasteiger partial charge in [-0.1, -0.05) is 0 Å². The van der Waals surface area contributed by atoms with Crippen LogP contribution in [-0.2, 0) is 5.60 Å². The third-order valence-electron chi connectivity index (χ3n) is 2.76. The third kappa shape index (κ3) is 2.88. The molecule has 0 fully saturated rings. The molecule has 5 heteroatoms. The summed E-state index contributed by atoms with van der Waals surface area (Å²) in [6.07, 6.45) is 0. The molecule has 0 atom stereocenters. The summed E-state index contributed by atoms with van der Waals surface area (Å²) in [7, 11) is 3.21. The van der Waals surface area contributed by atoms with Crippen molar-refractivity contribution in [3.8, 4) is 22.1 Å². The maximum absolute atomic E-state index is 9.93. The minimum atomic E-state index is -0.925. The van der Waals surface area contributed by atoms with Gasteiger partial charge in [0.25, 0.3) is 0 Å². The molecule has 0 saturated carbocycles. The predicted octanol–water partition coefficient (Wildman–Crippen LogP) is 3.05. The van der Waals surface area contributed by atoms with Crippen LogP contribution >= 0.6 is 11.3 Å². The van der Waals surface area contributed by atoms with Crippen molar-refractivity contribution in [1.29, 1.82) is 0 Å². The van der Waals surface area contributed by atoms with Crippen LogP contribution in [0, 0.1) is 0 Å². The lowest BCUT2D eigenvalue weighted by atomic mass is 10.1.